The predicted molar refractivity (Wildman–Crippen MR) is 53.3 cm³/mol. The van der Waals surface area contributed by atoms with Gasteiger partial charge in [-0.1, -0.05) is 20.8 Å². The van der Waals surface area contributed by atoms with Crippen LogP contribution in [0.25, 0.3) is 0 Å². The van der Waals surface area contributed by atoms with Gasteiger partial charge in [0.05, 0.1) is 19.0 Å². The fourth-order valence-corrected chi connectivity index (χ4v) is 1.94. The maximum absolute atomic E-state index is 9.44. The molecule has 0 aliphatic heterocycles. The van der Waals surface area contributed by atoms with Crippen LogP contribution in [0, 0.1) is 11.3 Å². The largest absolute Gasteiger partial charge is 0.501 e. The molecule has 2 nitrogen and oxygen atoms in total. The normalized spacial score (nSPS) is 29.8. The summed E-state index contributed by atoms with van der Waals surface area (Å²) in [5, 5.41) is 9.44. The maximum atomic E-state index is 9.44. The smallest absolute Gasteiger partial charge is 0.0977 e. The molecule has 13 heavy (non-hydrogen) atoms. The van der Waals surface area contributed by atoms with E-state index in [1.165, 1.54) is 0 Å². The molecule has 0 bridgehead atoms. The number of aliphatic hydroxyl groups excluding tert-OH is 1. The Bertz CT molecular complexity index is 201. The maximum Gasteiger partial charge on any atom is 0.0977 e. The van der Waals surface area contributed by atoms with E-state index in [2.05, 4.69) is 20.8 Å². The first-order valence-corrected chi connectivity index (χ1v) is 4.89. The second kappa shape index (κ2) is 3.70. The number of hydrogen-bond donors (Lipinski definition) is 1. The van der Waals surface area contributed by atoms with E-state index in [9.17, 15) is 5.11 Å². The third-order valence-electron chi connectivity index (χ3n) is 2.73. The highest BCUT2D eigenvalue weighted by Gasteiger charge is 2.32. The van der Waals surface area contributed by atoms with Crippen molar-refractivity contribution in [2.45, 2.75) is 39.7 Å². The van der Waals surface area contributed by atoms with Crippen molar-refractivity contribution in [1.82, 2.24) is 0 Å². The van der Waals surface area contributed by atoms with Gasteiger partial charge in [0.25, 0.3) is 0 Å². The molecular weight excluding hydrogens is 164 g/mol. The van der Waals surface area contributed by atoms with Crippen LogP contribution in [0.1, 0.15) is 33.6 Å². The number of methoxy groups -OCH3 is 1. The topological polar surface area (TPSA) is 29.5 Å². The van der Waals surface area contributed by atoms with Crippen molar-refractivity contribution in [3.63, 3.8) is 0 Å². The average Bonchev–Trinajstić information content (AvgIpc) is 2.01. The zero-order valence-electron chi connectivity index (χ0n) is 9.00. The molecule has 0 saturated heterocycles. The summed E-state index contributed by atoms with van der Waals surface area (Å²) in [6.45, 7) is 6.63. The van der Waals surface area contributed by atoms with Gasteiger partial charge in [-0.25, -0.2) is 0 Å². The van der Waals surface area contributed by atoms with Gasteiger partial charge in [-0.2, -0.15) is 0 Å². The van der Waals surface area contributed by atoms with E-state index in [1.54, 1.807) is 7.11 Å². The van der Waals surface area contributed by atoms with Crippen LogP contribution in [-0.2, 0) is 4.74 Å². The molecule has 0 aromatic rings. The standard InChI is InChI=1S/C11H20O2/c1-11(2,3)9-6-5-8(12)7-10(9)13-4/h7-9,12H,5-6H2,1-4H3. The van der Waals surface area contributed by atoms with Gasteiger partial charge < -0.3 is 9.84 Å². The third kappa shape index (κ3) is 2.47. The molecule has 0 heterocycles. The second-order valence-electron chi connectivity index (χ2n) is 4.84. The number of rotatable bonds is 1. The second-order valence-corrected chi connectivity index (χ2v) is 4.84. The number of aliphatic hydroxyl groups is 1. The summed E-state index contributed by atoms with van der Waals surface area (Å²) in [4.78, 5) is 0. The zero-order chi connectivity index (χ0) is 10.1. The highest BCUT2D eigenvalue weighted by Crippen LogP contribution is 2.38. The molecule has 0 aromatic heterocycles. The molecule has 1 aliphatic rings. The first-order chi connectivity index (χ1) is 5.95. The van der Waals surface area contributed by atoms with E-state index < -0.39 is 0 Å². The summed E-state index contributed by atoms with van der Waals surface area (Å²) in [6, 6.07) is 0. The van der Waals surface area contributed by atoms with Crippen LogP contribution in [0.3, 0.4) is 0 Å². The van der Waals surface area contributed by atoms with Gasteiger partial charge >= 0.3 is 0 Å². The number of allylic oxidation sites excluding steroid dienone is 1. The van der Waals surface area contributed by atoms with Crippen molar-refractivity contribution in [1.29, 1.82) is 0 Å². The number of ether oxygens (including phenoxy) is 1. The highest BCUT2D eigenvalue weighted by atomic mass is 16.5. The van der Waals surface area contributed by atoms with Crippen molar-refractivity contribution in [3.8, 4) is 0 Å². The Hall–Kier alpha value is -0.500. The molecular formula is C11H20O2. The van der Waals surface area contributed by atoms with E-state index in [0.717, 1.165) is 18.6 Å². The molecule has 0 aromatic carbocycles. The molecule has 1 N–H and O–H groups in total. The summed E-state index contributed by atoms with van der Waals surface area (Å²) in [7, 11) is 1.68. The molecule has 2 heteroatoms. The lowest BCUT2D eigenvalue weighted by Gasteiger charge is -2.35. The minimum Gasteiger partial charge on any atom is -0.501 e. The lowest BCUT2D eigenvalue weighted by molar-refractivity contribution is 0.105. The minimum atomic E-state index is -0.312. The first kappa shape index (κ1) is 10.6. The Labute approximate surface area is 80.6 Å². The molecule has 0 fully saturated rings. The van der Waals surface area contributed by atoms with Crippen molar-refractivity contribution >= 4 is 0 Å². The highest BCUT2D eigenvalue weighted by molar-refractivity contribution is 5.09. The summed E-state index contributed by atoms with van der Waals surface area (Å²) in [5.41, 5.74) is 0.224. The SMILES string of the molecule is COC1=CC(O)CCC1C(C)(C)C. The predicted octanol–water partition coefficient (Wildman–Crippen LogP) is 2.33. The van der Waals surface area contributed by atoms with Crippen LogP contribution < -0.4 is 0 Å². The molecule has 1 rings (SSSR count). The van der Waals surface area contributed by atoms with Crippen molar-refractivity contribution < 1.29 is 9.84 Å². The first-order valence-electron chi connectivity index (χ1n) is 4.89. The Balaban J connectivity index is 2.82. The van der Waals surface area contributed by atoms with Crippen LogP contribution in [0.15, 0.2) is 11.8 Å². The zero-order valence-corrected chi connectivity index (χ0v) is 9.00. The Kier molecular flexibility index (Phi) is 3.01. The Morgan fingerprint density at radius 3 is 2.46 bits per heavy atom. The van der Waals surface area contributed by atoms with Crippen LogP contribution in [0.4, 0.5) is 0 Å². The van der Waals surface area contributed by atoms with Crippen LogP contribution >= 0.6 is 0 Å². The third-order valence-corrected chi connectivity index (χ3v) is 2.73. The summed E-state index contributed by atoms with van der Waals surface area (Å²) in [6.07, 6.45) is 3.41. The number of hydrogen-bond acceptors (Lipinski definition) is 2. The van der Waals surface area contributed by atoms with Gasteiger partial charge in [0, 0.05) is 5.92 Å². The van der Waals surface area contributed by atoms with Crippen LogP contribution in [-0.4, -0.2) is 18.3 Å². The molecule has 0 radical (unpaired) electrons. The fraction of sp³-hybridized carbons (Fsp3) is 0.818. The molecule has 76 valence electrons. The van der Waals surface area contributed by atoms with Gasteiger partial charge in [0.2, 0.25) is 0 Å². The van der Waals surface area contributed by atoms with Crippen molar-refractivity contribution in [2.75, 3.05) is 7.11 Å². The summed E-state index contributed by atoms with van der Waals surface area (Å²) < 4.78 is 5.30. The van der Waals surface area contributed by atoms with E-state index in [1.807, 2.05) is 6.08 Å². The average molecular weight is 184 g/mol. The lowest BCUT2D eigenvalue weighted by atomic mass is 9.74. The monoisotopic (exact) mass is 184 g/mol. The summed E-state index contributed by atoms with van der Waals surface area (Å²) >= 11 is 0. The van der Waals surface area contributed by atoms with E-state index in [4.69, 9.17) is 4.74 Å². The quantitative estimate of drug-likeness (QED) is 0.677. The van der Waals surface area contributed by atoms with Gasteiger partial charge in [0.15, 0.2) is 0 Å². The Morgan fingerprint density at radius 2 is 2.00 bits per heavy atom. The summed E-state index contributed by atoms with van der Waals surface area (Å²) in [5.74, 6) is 1.40. The molecule has 2 unspecified atom stereocenters. The minimum absolute atomic E-state index is 0.224. The molecule has 0 spiro atoms. The van der Waals surface area contributed by atoms with Crippen molar-refractivity contribution in [3.05, 3.63) is 11.8 Å². The van der Waals surface area contributed by atoms with Crippen LogP contribution in [0.5, 0.6) is 0 Å². The van der Waals surface area contributed by atoms with Crippen LogP contribution in [0.2, 0.25) is 0 Å². The molecule has 0 saturated carbocycles. The van der Waals surface area contributed by atoms with Gasteiger partial charge in [0.1, 0.15) is 0 Å². The lowest BCUT2D eigenvalue weighted by Crippen LogP contribution is -2.28. The van der Waals surface area contributed by atoms with Gasteiger partial charge in [-0.3, -0.25) is 0 Å². The molecule has 0 amide bonds. The Morgan fingerprint density at radius 1 is 1.38 bits per heavy atom. The van der Waals surface area contributed by atoms with E-state index in [0.29, 0.717) is 5.92 Å². The molecule has 1 aliphatic carbocycles. The van der Waals surface area contributed by atoms with E-state index in [-0.39, 0.29) is 11.5 Å². The van der Waals surface area contributed by atoms with Gasteiger partial charge in [-0.15, -0.1) is 0 Å². The fourth-order valence-electron chi connectivity index (χ4n) is 1.94. The van der Waals surface area contributed by atoms with Crippen molar-refractivity contribution in [2.24, 2.45) is 11.3 Å². The van der Waals surface area contributed by atoms with E-state index >= 15 is 0 Å². The van der Waals surface area contributed by atoms with Gasteiger partial charge in [-0.05, 0) is 24.3 Å². The molecule has 2 atom stereocenters.